The second-order valence-corrected chi connectivity index (χ2v) is 7.14. The average molecular weight is 368 g/mol. The summed E-state index contributed by atoms with van der Waals surface area (Å²) in [6.07, 6.45) is 4.67. The van der Waals surface area contributed by atoms with Gasteiger partial charge < -0.3 is 14.2 Å². The van der Waals surface area contributed by atoms with E-state index >= 15 is 0 Å². The quantitative estimate of drug-likeness (QED) is 0.429. The highest BCUT2D eigenvalue weighted by atomic mass is 32.2. The molecular formula is C22H24O3S. The normalized spacial score (nSPS) is 13.9. The van der Waals surface area contributed by atoms with Crippen molar-refractivity contribution in [2.45, 2.75) is 28.0 Å². The van der Waals surface area contributed by atoms with E-state index in [9.17, 15) is 0 Å². The van der Waals surface area contributed by atoms with Crippen LogP contribution in [0.15, 0.2) is 77.9 Å². The van der Waals surface area contributed by atoms with Gasteiger partial charge in [-0.25, -0.2) is 0 Å². The van der Waals surface area contributed by atoms with E-state index < -0.39 is 0 Å². The fraction of sp³-hybridized carbons (Fsp3) is 0.273. The number of hydrogen-bond acceptors (Lipinski definition) is 4. The maximum absolute atomic E-state index is 5.66. The molecule has 0 saturated heterocycles. The standard InChI is InChI=1S/C22H24O3S/c1-4-24-15-13-22(14-16-25-5-2)17-9-6-7-12-20(17)26-21-18(22)10-8-11-19(21)23-3/h4-12H,1-2,13-16H2,3H3. The Labute approximate surface area is 159 Å². The Kier molecular flexibility index (Phi) is 5.94. The van der Waals surface area contributed by atoms with Crippen LogP contribution in [-0.4, -0.2) is 20.3 Å². The van der Waals surface area contributed by atoms with Gasteiger partial charge in [-0.15, -0.1) is 0 Å². The molecule has 3 nitrogen and oxygen atoms in total. The third-order valence-corrected chi connectivity index (χ3v) is 6.06. The predicted octanol–water partition coefficient (Wildman–Crippen LogP) is 5.55. The number of benzene rings is 2. The van der Waals surface area contributed by atoms with Crippen LogP contribution in [0, 0.1) is 0 Å². The number of fused-ring (bicyclic) bond motifs is 2. The lowest BCUT2D eigenvalue weighted by Gasteiger charge is -2.41. The molecule has 3 rings (SSSR count). The smallest absolute Gasteiger partial charge is 0.133 e. The van der Waals surface area contributed by atoms with Crippen LogP contribution in [0.4, 0.5) is 0 Å². The summed E-state index contributed by atoms with van der Waals surface area (Å²) in [7, 11) is 1.72. The largest absolute Gasteiger partial charge is 0.502 e. The van der Waals surface area contributed by atoms with Gasteiger partial charge in [0.1, 0.15) is 5.75 Å². The highest BCUT2D eigenvalue weighted by Gasteiger charge is 2.41. The van der Waals surface area contributed by atoms with Gasteiger partial charge in [0.05, 0.1) is 37.7 Å². The molecule has 0 N–H and O–H groups in total. The fourth-order valence-corrected chi connectivity index (χ4v) is 5.03. The van der Waals surface area contributed by atoms with Crippen molar-refractivity contribution in [1.82, 2.24) is 0 Å². The molecule has 0 saturated carbocycles. The van der Waals surface area contributed by atoms with Crippen molar-refractivity contribution in [2.75, 3.05) is 20.3 Å². The molecule has 2 aromatic carbocycles. The second-order valence-electron chi connectivity index (χ2n) is 6.09. The molecule has 0 atom stereocenters. The summed E-state index contributed by atoms with van der Waals surface area (Å²) in [4.78, 5) is 2.42. The lowest BCUT2D eigenvalue weighted by molar-refractivity contribution is 0.179. The van der Waals surface area contributed by atoms with Crippen LogP contribution in [0.1, 0.15) is 24.0 Å². The van der Waals surface area contributed by atoms with E-state index in [4.69, 9.17) is 14.2 Å². The van der Waals surface area contributed by atoms with Crippen molar-refractivity contribution >= 4 is 11.8 Å². The summed E-state index contributed by atoms with van der Waals surface area (Å²) < 4.78 is 16.7. The first-order valence-corrected chi connectivity index (χ1v) is 9.48. The SMILES string of the molecule is C=COCCC1(CCOC=C)c2ccccc2Sc2c(OC)cccc21. The first-order valence-electron chi connectivity index (χ1n) is 8.66. The number of hydrogen-bond donors (Lipinski definition) is 0. The summed E-state index contributed by atoms with van der Waals surface area (Å²) in [5, 5.41) is 0. The van der Waals surface area contributed by atoms with Crippen LogP contribution in [0.5, 0.6) is 5.75 Å². The predicted molar refractivity (Wildman–Crippen MR) is 106 cm³/mol. The van der Waals surface area contributed by atoms with E-state index in [0.29, 0.717) is 13.2 Å². The molecule has 1 heterocycles. The Bertz CT molecular complexity index is 771. The molecule has 0 aromatic heterocycles. The summed E-state index contributed by atoms with van der Waals surface area (Å²) in [6.45, 7) is 8.53. The molecule has 1 aliphatic heterocycles. The second kappa shape index (κ2) is 8.37. The van der Waals surface area contributed by atoms with Gasteiger partial charge in [-0.2, -0.15) is 0 Å². The van der Waals surface area contributed by atoms with Crippen molar-refractivity contribution in [3.8, 4) is 5.75 Å². The number of methoxy groups -OCH3 is 1. The maximum Gasteiger partial charge on any atom is 0.133 e. The van der Waals surface area contributed by atoms with E-state index in [0.717, 1.165) is 18.6 Å². The van der Waals surface area contributed by atoms with E-state index in [1.54, 1.807) is 18.9 Å². The molecule has 0 bridgehead atoms. The monoisotopic (exact) mass is 368 g/mol. The summed E-state index contributed by atoms with van der Waals surface area (Å²) >= 11 is 1.77. The van der Waals surface area contributed by atoms with Crippen LogP contribution in [0.25, 0.3) is 0 Å². The van der Waals surface area contributed by atoms with Crippen molar-refractivity contribution in [3.63, 3.8) is 0 Å². The highest BCUT2D eigenvalue weighted by molar-refractivity contribution is 7.99. The number of ether oxygens (including phenoxy) is 3. The molecule has 0 radical (unpaired) electrons. The first kappa shape index (κ1) is 18.5. The zero-order chi connectivity index (χ0) is 18.4. The van der Waals surface area contributed by atoms with E-state index in [1.807, 2.05) is 6.07 Å². The lowest BCUT2D eigenvalue weighted by Crippen LogP contribution is -2.34. The zero-order valence-corrected chi connectivity index (χ0v) is 15.9. The highest BCUT2D eigenvalue weighted by Crippen LogP contribution is 2.55. The Morgan fingerprint density at radius 1 is 0.923 bits per heavy atom. The summed E-state index contributed by atoms with van der Waals surface area (Å²) in [6, 6.07) is 14.8. The third kappa shape index (κ3) is 3.34. The van der Waals surface area contributed by atoms with E-state index in [-0.39, 0.29) is 5.41 Å². The molecule has 0 amide bonds. The van der Waals surface area contributed by atoms with E-state index in [2.05, 4.69) is 49.6 Å². The Morgan fingerprint density at radius 2 is 1.58 bits per heavy atom. The summed E-state index contributed by atoms with van der Waals surface area (Å²) in [5.74, 6) is 0.903. The van der Waals surface area contributed by atoms with Crippen LogP contribution < -0.4 is 4.74 Å². The molecule has 4 heteroatoms. The van der Waals surface area contributed by atoms with Crippen molar-refractivity contribution < 1.29 is 14.2 Å². The van der Waals surface area contributed by atoms with Crippen molar-refractivity contribution in [1.29, 1.82) is 0 Å². The van der Waals surface area contributed by atoms with Gasteiger partial charge in [-0.1, -0.05) is 55.3 Å². The molecule has 0 unspecified atom stereocenters. The van der Waals surface area contributed by atoms with Crippen molar-refractivity contribution in [2.24, 2.45) is 0 Å². The lowest BCUT2D eigenvalue weighted by atomic mass is 9.69. The summed E-state index contributed by atoms with van der Waals surface area (Å²) in [5.41, 5.74) is 2.37. The zero-order valence-electron chi connectivity index (χ0n) is 15.1. The molecule has 2 aromatic rings. The fourth-order valence-electron chi connectivity index (χ4n) is 3.66. The number of rotatable bonds is 9. The average Bonchev–Trinajstić information content (AvgIpc) is 2.68. The van der Waals surface area contributed by atoms with E-state index in [1.165, 1.54) is 33.4 Å². The topological polar surface area (TPSA) is 27.7 Å². The van der Waals surface area contributed by atoms with Crippen LogP contribution in [0.3, 0.4) is 0 Å². The Hall–Kier alpha value is -2.33. The van der Waals surface area contributed by atoms with Gasteiger partial charge in [0, 0.05) is 10.3 Å². The molecule has 0 aliphatic carbocycles. The third-order valence-electron chi connectivity index (χ3n) is 4.86. The van der Waals surface area contributed by atoms with Gasteiger partial charge >= 0.3 is 0 Å². The molecule has 0 fully saturated rings. The first-order chi connectivity index (χ1) is 12.8. The van der Waals surface area contributed by atoms with Crippen LogP contribution in [0.2, 0.25) is 0 Å². The van der Waals surface area contributed by atoms with Gasteiger partial charge in [-0.05, 0) is 36.1 Å². The van der Waals surface area contributed by atoms with Crippen LogP contribution in [-0.2, 0) is 14.9 Å². The van der Waals surface area contributed by atoms with Gasteiger partial charge in [0.25, 0.3) is 0 Å². The maximum atomic E-state index is 5.66. The molecular weight excluding hydrogens is 344 g/mol. The molecule has 1 aliphatic rings. The minimum atomic E-state index is -0.211. The molecule has 0 spiro atoms. The molecule has 26 heavy (non-hydrogen) atoms. The Balaban J connectivity index is 2.16. The van der Waals surface area contributed by atoms with Gasteiger partial charge in [-0.3, -0.25) is 0 Å². The van der Waals surface area contributed by atoms with Gasteiger partial charge in [0.15, 0.2) is 0 Å². The molecule has 136 valence electrons. The minimum absolute atomic E-state index is 0.211. The van der Waals surface area contributed by atoms with Crippen molar-refractivity contribution in [3.05, 3.63) is 79.3 Å². The Morgan fingerprint density at radius 3 is 2.23 bits per heavy atom. The minimum Gasteiger partial charge on any atom is -0.502 e. The van der Waals surface area contributed by atoms with Crippen LogP contribution >= 0.6 is 11.8 Å². The van der Waals surface area contributed by atoms with Gasteiger partial charge in [0.2, 0.25) is 0 Å².